The van der Waals surface area contributed by atoms with E-state index in [1.807, 2.05) is 0 Å². The van der Waals surface area contributed by atoms with Crippen molar-refractivity contribution in [1.82, 2.24) is 10.2 Å². The van der Waals surface area contributed by atoms with Gasteiger partial charge >= 0.3 is 11.9 Å². The lowest BCUT2D eigenvalue weighted by Crippen LogP contribution is -2.56. The van der Waals surface area contributed by atoms with E-state index >= 15 is 0 Å². The highest BCUT2D eigenvalue weighted by atomic mass is 32.2. The van der Waals surface area contributed by atoms with Crippen LogP contribution in [0.5, 0.6) is 0 Å². The van der Waals surface area contributed by atoms with Crippen LogP contribution in [0.1, 0.15) is 33.6 Å². The maximum absolute atomic E-state index is 12.8. The Morgan fingerprint density at radius 3 is 2.18 bits per heavy atom. The van der Waals surface area contributed by atoms with Crippen LogP contribution in [0, 0.1) is 0 Å². The number of nitrogens with one attached hydrogen (secondary N) is 1. The molecule has 4 rings (SSSR count). The molecule has 0 radical (unpaired) electrons. The summed E-state index contributed by atoms with van der Waals surface area (Å²) in [6.07, 6.45) is 1.24. The van der Waals surface area contributed by atoms with Crippen LogP contribution in [0.2, 0.25) is 0 Å². The van der Waals surface area contributed by atoms with Gasteiger partial charge in [0, 0.05) is 4.75 Å². The molecule has 0 aliphatic carbocycles. The van der Waals surface area contributed by atoms with Crippen LogP contribution in [0.15, 0.2) is 24.3 Å². The number of carboxylic acid groups (broad SMARTS) is 2. The Hall–Kier alpha value is -2.04. The Morgan fingerprint density at radius 1 is 1.11 bits per heavy atom. The number of rotatable bonds is 4. The zero-order valence-corrected chi connectivity index (χ0v) is 16.3. The second kappa shape index (κ2) is 7.09. The average Bonchev–Trinajstić information content (AvgIpc) is 3.14. The molecule has 0 aromatic heterocycles. The molecule has 2 amide bonds. The van der Waals surface area contributed by atoms with E-state index in [1.165, 1.54) is 23.9 Å². The van der Waals surface area contributed by atoms with Crippen LogP contribution in [0.3, 0.4) is 0 Å². The molecule has 28 heavy (non-hydrogen) atoms. The lowest BCUT2D eigenvalue weighted by Gasteiger charge is -2.35. The van der Waals surface area contributed by atoms with Crippen molar-refractivity contribution in [2.24, 2.45) is 0 Å². The minimum absolute atomic E-state index is 0.167. The smallest absolute Gasteiger partial charge is 0.329 e. The molecular formula is C18H18N2O6S2. The molecule has 148 valence electrons. The van der Waals surface area contributed by atoms with Crippen molar-refractivity contribution in [3.05, 3.63) is 35.4 Å². The minimum Gasteiger partial charge on any atom is -0.480 e. The summed E-state index contributed by atoms with van der Waals surface area (Å²) in [6, 6.07) is 3.78. The fraction of sp³-hybridized carbons (Fsp3) is 0.444. The number of nitrogens with zero attached hydrogens (tertiary/aromatic N) is 1. The largest absolute Gasteiger partial charge is 0.480 e. The lowest BCUT2D eigenvalue weighted by molar-refractivity contribution is -0.143. The van der Waals surface area contributed by atoms with Gasteiger partial charge in [-0.25, -0.2) is 4.79 Å². The first-order valence-corrected chi connectivity index (χ1v) is 10.8. The van der Waals surface area contributed by atoms with E-state index in [0.717, 1.165) is 16.4 Å². The predicted octanol–water partition coefficient (Wildman–Crippen LogP) is 1.12. The third-order valence-electron chi connectivity index (χ3n) is 5.45. The van der Waals surface area contributed by atoms with E-state index < -0.39 is 46.0 Å². The number of hydrogen-bond acceptors (Lipinski definition) is 7. The molecule has 2 fully saturated rings. The van der Waals surface area contributed by atoms with Gasteiger partial charge in [0.25, 0.3) is 11.8 Å². The maximum atomic E-state index is 12.8. The first-order valence-electron chi connectivity index (χ1n) is 8.80. The summed E-state index contributed by atoms with van der Waals surface area (Å²) >= 11 is 2.98. The fourth-order valence-corrected chi connectivity index (χ4v) is 7.38. The summed E-state index contributed by atoms with van der Waals surface area (Å²) in [5.41, 5.74) is 0.334. The highest BCUT2D eigenvalue weighted by molar-refractivity contribution is 8.02. The zero-order valence-electron chi connectivity index (χ0n) is 14.7. The molecular weight excluding hydrogens is 404 g/mol. The van der Waals surface area contributed by atoms with Crippen molar-refractivity contribution in [2.45, 2.75) is 35.0 Å². The number of amides is 2. The van der Waals surface area contributed by atoms with E-state index in [9.17, 15) is 29.4 Å². The lowest BCUT2D eigenvalue weighted by atomic mass is 9.92. The van der Waals surface area contributed by atoms with Gasteiger partial charge in [0.1, 0.15) is 6.04 Å². The van der Waals surface area contributed by atoms with Gasteiger partial charge in [-0.2, -0.15) is 11.8 Å². The van der Waals surface area contributed by atoms with E-state index in [-0.39, 0.29) is 11.1 Å². The number of benzene rings is 1. The fourth-order valence-electron chi connectivity index (χ4n) is 4.08. The van der Waals surface area contributed by atoms with Gasteiger partial charge in [0.15, 0.2) is 6.04 Å². The Bertz CT molecular complexity index is 834. The second-order valence-electron chi connectivity index (χ2n) is 6.96. The van der Waals surface area contributed by atoms with Gasteiger partial charge in [-0.3, -0.25) is 24.6 Å². The van der Waals surface area contributed by atoms with E-state index in [4.69, 9.17) is 0 Å². The number of hydrogen-bond donors (Lipinski definition) is 3. The zero-order chi connectivity index (χ0) is 20.1. The highest BCUT2D eigenvalue weighted by Gasteiger charge is 2.57. The number of carbonyl (C=O) groups is 4. The molecule has 10 heteroatoms. The van der Waals surface area contributed by atoms with Crippen molar-refractivity contribution in [3.8, 4) is 0 Å². The minimum atomic E-state index is -1.49. The molecule has 3 N–H and O–H groups in total. The summed E-state index contributed by atoms with van der Waals surface area (Å²) < 4.78 is -0.645. The number of imide groups is 1. The molecule has 3 aliphatic rings. The van der Waals surface area contributed by atoms with Crippen molar-refractivity contribution < 1.29 is 29.4 Å². The molecule has 8 nitrogen and oxygen atoms in total. The third-order valence-corrected chi connectivity index (χ3v) is 8.20. The number of carboxylic acids is 2. The Kier molecular flexibility index (Phi) is 4.88. The summed E-state index contributed by atoms with van der Waals surface area (Å²) in [6.45, 7) is 0. The van der Waals surface area contributed by atoms with Crippen molar-refractivity contribution in [2.75, 3.05) is 11.5 Å². The SMILES string of the molecule is O=C(O)C(C1NC(C(=O)O)C2(CCSCC2)S1)N1C(=O)c2ccccc2C1=O. The second-order valence-corrected chi connectivity index (χ2v) is 9.74. The molecule has 1 aromatic rings. The highest BCUT2D eigenvalue weighted by Crippen LogP contribution is 2.49. The monoisotopic (exact) mass is 422 g/mol. The number of thioether (sulfide) groups is 2. The molecule has 1 spiro atoms. The summed E-state index contributed by atoms with van der Waals surface area (Å²) in [4.78, 5) is 50.3. The summed E-state index contributed by atoms with van der Waals surface area (Å²) in [5.74, 6) is -2.14. The quantitative estimate of drug-likeness (QED) is 0.612. The van der Waals surface area contributed by atoms with Crippen LogP contribution in [-0.4, -0.2) is 72.6 Å². The normalized spacial score (nSPS) is 27.1. The van der Waals surface area contributed by atoms with Crippen LogP contribution in [-0.2, 0) is 9.59 Å². The molecule has 2 saturated heterocycles. The van der Waals surface area contributed by atoms with Gasteiger partial charge in [-0.1, -0.05) is 12.1 Å². The molecule has 3 aliphatic heterocycles. The molecule has 3 unspecified atom stereocenters. The standard InChI is InChI=1S/C18H18N2O6S2/c21-14-9-3-1-2-4-10(9)15(22)20(14)11(16(23)24)13-19-12(17(25)26)18(28-13)5-7-27-8-6-18/h1-4,11-13,19H,5-8H2,(H,23,24)(H,25,26). The van der Waals surface area contributed by atoms with Crippen molar-refractivity contribution >= 4 is 47.3 Å². The third kappa shape index (κ3) is 2.90. The Balaban J connectivity index is 1.68. The van der Waals surface area contributed by atoms with Crippen molar-refractivity contribution in [3.63, 3.8) is 0 Å². The number of aliphatic carboxylic acids is 2. The predicted molar refractivity (Wildman–Crippen MR) is 104 cm³/mol. The van der Waals surface area contributed by atoms with Gasteiger partial charge < -0.3 is 10.2 Å². The molecule has 3 atom stereocenters. The number of carbonyl (C=O) groups excluding carboxylic acids is 2. The van der Waals surface area contributed by atoms with Gasteiger partial charge in [0.2, 0.25) is 0 Å². The number of fused-ring (bicyclic) bond motifs is 1. The van der Waals surface area contributed by atoms with Gasteiger partial charge in [-0.15, -0.1) is 11.8 Å². The van der Waals surface area contributed by atoms with E-state index in [2.05, 4.69) is 5.32 Å². The van der Waals surface area contributed by atoms with Crippen LogP contribution < -0.4 is 5.32 Å². The summed E-state index contributed by atoms with van der Waals surface area (Å²) in [7, 11) is 0. The molecule has 1 aromatic carbocycles. The topological polar surface area (TPSA) is 124 Å². The van der Waals surface area contributed by atoms with Crippen LogP contribution in [0.4, 0.5) is 0 Å². The van der Waals surface area contributed by atoms with E-state index in [0.29, 0.717) is 12.8 Å². The maximum Gasteiger partial charge on any atom is 0.329 e. The van der Waals surface area contributed by atoms with Crippen LogP contribution in [0.25, 0.3) is 0 Å². The Morgan fingerprint density at radius 2 is 1.68 bits per heavy atom. The average molecular weight is 422 g/mol. The molecule has 0 saturated carbocycles. The molecule has 3 heterocycles. The van der Waals surface area contributed by atoms with Crippen molar-refractivity contribution in [1.29, 1.82) is 0 Å². The first kappa shape index (κ1) is 19.3. The summed E-state index contributed by atoms with van der Waals surface area (Å²) in [5, 5.41) is 21.6. The van der Waals surface area contributed by atoms with Gasteiger partial charge in [-0.05, 0) is 36.5 Å². The van der Waals surface area contributed by atoms with Gasteiger partial charge in [0.05, 0.1) is 16.5 Å². The van der Waals surface area contributed by atoms with E-state index in [1.54, 1.807) is 23.9 Å². The van der Waals surface area contributed by atoms with Crippen LogP contribution >= 0.6 is 23.5 Å². The Labute approximate surface area is 169 Å². The first-order chi connectivity index (χ1) is 13.4. The molecule has 0 bridgehead atoms.